The number of halogens is 1. The van der Waals surface area contributed by atoms with Crippen LogP contribution in [-0.2, 0) is 0 Å². The minimum Gasteiger partial charge on any atom is -0.489 e. The first-order chi connectivity index (χ1) is 10.6. The molecule has 0 bridgehead atoms. The van der Waals surface area contributed by atoms with Crippen LogP contribution >= 0.6 is 22.9 Å². The maximum absolute atomic E-state index is 6.28. The van der Waals surface area contributed by atoms with Crippen LogP contribution in [0.1, 0.15) is 13.8 Å². The Bertz CT molecular complexity index is 771. The van der Waals surface area contributed by atoms with Gasteiger partial charge in [0, 0.05) is 11.1 Å². The van der Waals surface area contributed by atoms with E-state index in [0.717, 1.165) is 21.1 Å². The molecule has 22 heavy (non-hydrogen) atoms. The van der Waals surface area contributed by atoms with Gasteiger partial charge in [0.1, 0.15) is 15.8 Å². The molecule has 112 valence electrons. The number of nitrogens with zero attached hydrogens (tertiary/aromatic N) is 2. The number of rotatable bonds is 4. The summed E-state index contributed by atoms with van der Waals surface area (Å²) in [6, 6.07) is 15.7. The second-order valence-corrected chi connectivity index (χ2v) is 6.47. The molecule has 0 atom stereocenters. The van der Waals surface area contributed by atoms with Crippen LogP contribution in [0.2, 0.25) is 5.02 Å². The molecule has 5 heteroatoms. The molecule has 1 aromatic heterocycles. The van der Waals surface area contributed by atoms with Gasteiger partial charge in [-0.2, -0.15) is 0 Å². The molecule has 0 aliphatic heterocycles. The molecular formula is C17H15ClN2OS. The van der Waals surface area contributed by atoms with Crippen molar-refractivity contribution >= 4 is 22.9 Å². The second kappa shape index (κ2) is 6.46. The summed E-state index contributed by atoms with van der Waals surface area (Å²) in [5, 5.41) is 10.8. The summed E-state index contributed by atoms with van der Waals surface area (Å²) in [5.41, 5.74) is 2.01. The molecule has 0 saturated heterocycles. The van der Waals surface area contributed by atoms with E-state index < -0.39 is 0 Å². The number of hydrogen-bond acceptors (Lipinski definition) is 4. The Morgan fingerprint density at radius 2 is 1.64 bits per heavy atom. The van der Waals surface area contributed by atoms with E-state index >= 15 is 0 Å². The lowest BCUT2D eigenvalue weighted by Gasteiger charge is -2.11. The average Bonchev–Trinajstić information content (AvgIpc) is 3.00. The van der Waals surface area contributed by atoms with Crippen LogP contribution in [0.4, 0.5) is 0 Å². The fraction of sp³-hybridized carbons (Fsp3) is 0.176. The van der Waals surface area contributed by atoms with Gasteiger partial charge in [-0.05, 0) is 32.0 Å². The zero-order valence-electron chi connectivity index (χ0n) is 12.3. The van der Waals surface area contributed by atoms with Gasteiger partial charge in [0.05, 0.1) is 11.1 Å². The minimum absolute atomic E-state index is 0.0922. The number of benzene rings is 2. The van der Waals surface area contributed by atoms with Gasteiger partial charge in [-0.25, -0.2) is 0 Å². The van der Waals surface area contributed by atoms with Crippen LogP contribution in [0.25, 0.3) is 21.1 Å². The van der Waals surface area contributed by atoms with Crippen LogP contribution in [0.15, 0.2) is 48.5 Å². The molecule has 0 unspecified atom stereocenters. The van der Waals surface area contributed by atoms with Crippen LogP contribution in [0.3, 0.4) is 0 Å². The second-order valence-electron chi connectivity index (χ2n) is 5.09. The van der Waals surface area contributed by atoms with Gasteiger partial charge < -0.3 is 4.74 Å². The van der Waals surface area contributed by atoms with Crippen molar-refractivity contribution in [1.82, 2.24) is 10.2 Å². The highest BCUT2D eigenvalue weighted by Crippen LogP contribution is 2.34. The van der Waals surface area contributed by atoms with Gasteiger partial charge in [-0.15, -0.1) is 10.2 Å². The van der Waals surface area contributed by atoms with E-state index in [1.165, 1.54) is 0 Å². The molecule has 0 saturated carbocycles. The van der Waals surface area contributed by atoms with Crippen LogP contribution in [0, 0.1) is 0 Å². The van der Waals surface area contributed by atoms with E-state index in [9.17, 15) is 0 Å². The summed E-state index contributed by atoms with van der Waals surface area (Å²) in [6.45, 7) is 3.95. The van der Waals surface area contributed by atoms with Gasteiger partial charge in [-0.3, -0.25) is 0 Å². The molecular weight excluding hydrogens is 316 g/mol. The highest BCUT2D eigenvalue weighted by molar-refractivity contribution is 7.17. The highest BCUT2D eigenvalue weighted by atomic mass is 35.5. The lowest BCUT2D eigenvalue weighted by atomic mass is 10.2. The third kappa shape index (κ3) is 3.29. The number of aromatic nitrogens is 2. The Hall–Kier alpha value is -1.91. The summed E-state index contributed by atoms with van der Waals surface area (Å²) >= 11 is 7.82. The fourth-order valence-corrected chi connectivity index (χ4v) is 3.09. The van der Waals surface area contributed by atoms with Crippen molar-refractivity contribution in [1.29, 1.82) is 0 Å². The van der Waals surface area contributed by atoms with Gasteiger partial charge in [0.15, 0.2) is 0 Å². The standard InChI is InChI=1S/C17H15ClN2OS/c1-11(2)21-15-9-8-13(10-14(15)18)17-20-19-16(22-17)12-6-4-3-5-7-12/h3-11H,1-2H3. The maximum Gasteiger partial charge on any atom is 0.148 e. The molecule has 0 radical (unpaired) electrons. The Morgan fingerprint density at radius 1 is 0.955 bits per heavy atom. The molecule has 0 amide bonds. The minimum atomic E-state index is 0.0922. The third-order valence-corrected chi connectivity index (χ3v) is 4.30. The van der Waals surface area contributed by atoms with E-state index in [2.05, 4.69) is 10.2 Å². The Balaban J connectivity index is 1.89. The quantitative estimate of drug-likeness (QED) is 0.650. The summed E-state index contributed by atoms with van der Waals surface area (Å²) in [5.74, 6) is 0.688. The van der Waals surface area contributed by atoms with Crippen LogP contribution < -0.4 is 4.74 Å². The number of hydrogen-bond donors (Lipinski definition) is 0. The third-order valence-electron chi connectivity index (χ3n) is 2.99. The van der Waals surface area contributed by atoms with Crippen molar-refractivity contribution in [2.45, 2.75) is 20.0 Å². The summed E-state index contributed by atoms with van der Waals surface area (Å²) in [7, 11) is 0. The average molecular weight is 331 g/mol. The van der Waals surface area contributed by atoms with Crippen LogP contribution in [0.5, 0.6) is 5.75 Å². The molecule has 2 aromatic carbocycles. The zero-order chi connectivity index (χ0) is 15.5. The normalized spacial score (nSPS) is 10.9. The molecule has 0 aliphatic carbocycles. The first-order valence-corrected chi connectivity index (χ1v) is 8.18. The highest BCUT2D eigenvalue weighted by Gasteiger charge is 2.11. The van der Waals surface area contributed by atoms with E-state index in [4.69, 9.17) is 16.3 Å². The summed E-state index contributed by atoms with van der Waals surface area (Å²) in [6.07, 6.45) is 0.0922. The molecule has 3 nitrogen and oxygen atoms in total. The molecule has 0 spiro atoms. The number of ether oxygens (including phenoxy) is 1. The topological polar surface area (TPSA) is 35.0 Å². The van der Waals surface area contributed by atoms with E-state index in [0.29, 0.717) is 10.8 Å². The molecule has 3 rings (SSSR count). The monoisotopic (exact) mass is 330 g/mol. The van der Waals surface area contributed by atoms with Crippen molar-refractivity contribution in [3.8, 4) is 26.9 Å². The first-order valence-electron chi connectivity index (χ1n) is 6.99. The van der Waals surface area contributed by atoms with E-state index in [-0.39, 0.29) is 6.10 Å². The first kappa shape index (κ1) is 15.0. The van der Waals surface area contributed by atoms with Crippen molar-refractivity contribution in [3.05, 3.63) is 53.6 Å². The molecule has 0 fully saturated rings. The van der Waals surface area contributed by atoms with Crippen molar-refractivity contribution < 1.29 is 4.74 Å². The van der Waals surface area contributed by atoms with Gasteiger partial charge >= 0.3 is 0 Å². The summed E-state index contributed by atoms with van der Waals surface area (Å²) in [4.78, 5) is 0. The van der Waals surface area contributed by atoms with Crippen molar-refractivity contribution in [2.75, 3.05) is 0 Å². The Morgan fingerprint density at radius 3 is 2.27 bits per heavy atom. The largest absolute Gasteiger partial charge is 0.489 e. The van der Waals surface area contributed by atoms with Gasteiger partial charge in [0.2, 0.25) is 0 Å². The summed E-state index contributed by atoms with van der Waals surface area (Å²) < 4.78 is 5.65. The zero-order valence-corrected chi connectivity index (χ0v) is 13.9. The molecule has 1 heterocycles. The smallest absolute Gasteiger partial charge is 0.148 e. The molecule has 0 aliphatic rings. The van der Waals surface area contributed by atoms with Crippen molar-refractivity contribution in [3.63, 3.8) is 0 Å². The maximum atomic E-state index is 6.28. The Labute approximate surface area is 138 Å². The fourth-order valence-electron chi connectivity index (χ4n) is 2.02. The molecule has 3 aromatic rings. The Kier molecular flexibility index (Phi) is 4.41. The van der Waals surface area contributed by atoms with Gasteiger partial charge in [-0.1, -0.05) is 53.3 Å². The van der Waals surface area contributed by atoms with Gasteiger partial charge in [0.25, 0.3) is 0 Å². The SMILES string of the molecule is CC(C)Oc1ccc(-c2nnc(-c3ccccc3)s2)cc1Cl. The predicted octanol–water partition coefficient (Wildman–Crippen LogP) is 5.31. The van der Waals surface area contributed by atoms with E-state index in [1.807, 2.05) is 62.4 Å². The van der Waals surface area contributed by atoms with Crippen LogP contribution in [-0.4, -0.2) is 16.3 Å². The van der Waals surface area contributed by atoms with E-state index in [1.54, 1.807) is 11.3 Å². The predicted molar refractivity (Wildman–Crippen MR) is 91.6 cm³/mol. The lowest BCUT2D eigenvalue weighted by molar-refractivity contribution is 0.242. The lowest BCUT2D eigenvalue weighted by Crippen LogP contribution is -2.05. The van der Waals surface area contributed by atoms with Crippen molar-refractivity contribution in [2.24, 2.45) is 0 Å². The molecule has 0 N–H and O–H groups in total.